The first kappa shape index (κ1) is 16.8. The topological polar surface area (TPSA) is 73.1 Å². The average molecular weight is 300 g/mol. The van der Waals surface area contributed by atoms with E-state index in [9.17, 15) is 18.0 Å². The van der Waals surface area contributed by atoms with Crippen molar-refractivity contribution in [3.05, 3.63) is 29.3 Å². The smallest absolute Gasteiger partial charge is 0.417 e. The zero-order valence-electron chi connectivity index (χ0n) is 11.4. The first-order valence-corrected chi connectivity index (χ1v) is 6.37. The first-order chi connectivity index (χ1) is 9.77. The number of nitrogens with zero attached hydrogens (tertiary/aromatic N) is 1. The number of alkyl halides is 3. The standard InChI is InChI=1S/C14H15F3N2O2/c1-2-3-10(7-13(20)21)19-11-5-4-9(8-18)12(6-11)14(15,16)17/h4-6,10,19H,2-3,7H2,1H3,(H,20,21). The molecule has 1 unspecified atom stereocenters. The molecule has 0 aromatic heterocycles. The second-order valence-corrected chi connectivity index (χ2v) is 4.60. The molecule has 2 N–H and O–H groups in total. The lowest BCUT2D eigenvalue weighted by atomic mass is 10.0. The lowest BCUT2D eigenvalue weighted by Crippen LogP contribution is -2.23. The highest BCUT2D eigenvalue weighted by Crippen LogP contribution is 2.33. The molecule has 21 heavy (non-hydrogen) atoms. The van der Waals surface area contributed by atoms with Crippen molar-refractivity contribution < 1.29 is 23.1 Å². The van der Waals surface area contributed by atoms with Crippen LogP contribution in [0.15, 0.2) is 18.2 Å². The Morgan fingerprint density at radius 3 is 2.62 bits per heavy atom. The predicted octanol–water partition coefficient (Wildman–Crippen LogP) is 3.63. The van der Waals surface area contributed by atoms with Crippen LogP contribution in [-0.4, -0.2) is 17.1 Å². The molecule has 0 aliphatic carbocycles. The Balaban J connectivity index is 3.03. The first-order valence-electron chi connectivity index (χ1n) is 6.37. The summed E-state index contributed by atoms with van der Waals surface area (Å²) in [5.41, 5.74) is -1.33. The number of hydrogen-bond donors (Lipinski definition) is 2. The van der Waals surface area contributed by atoms with Crippen molar-refractivity contribution in [2.24, 2.45) is 0 Å². The molecule has 0 aliphatic heterocycles. The van der Waals surface area contributed by atoms with Crippen molar-refractivity contribution in [3.63, 3.8) is 0 Å². The van der Waals surface area contributed by atoms with E-state index >= 15 is 0 Å². The maximum atomic E-state index is 12.8. The number of rotatable bonds is 6. The molecule has 0 heterocycles. The van der Waals surface area contributed by atoms with Crippen LogP contribution in [0.25, 0.3) is 0 Å². The zero-order chi connectivity index (χ0) is 16.0. The lowest BCUT2D eigenvalue weighted by molar-refractivity contribution is -0.138. The molecular weight excluding hydrogens is 285 g/mol. The molecule has 0 amide bonds. The van der Waals surface area contributed by atoms with Crippen LogP contribution in [0.2, 0.25) is 0 Å². The minimum absolute atomic E-state index is 0.154. The third-order valence-electron chi connectivity index (χ3n) is 2.87. The van der Waals surface area contributed by atoms with E-state index in [1.54, 1.807) is 0 Å². The molecule has 0 radical (unpaired) electrons. The fourth-order valence-corrected chi connectivity index (χ4v) is 1.99. The Morgan fingerprint density at radius 1 is 1.48 bits per heavy atom. The van der Waals surface area contributed by atoms with Gasteiger partial charge >= 0.3 is 12.1 Å². The fourth-order valence-electron chi connectivity index (χ4n) is 1.99. The summed E-state index contributed by atoms with van der Waals surface area (Å²) < 4.78 is 38.5. The van der Waals surface area contributed by atoms with E-state index in [1.165, 1.54) is 12.1 Å². The number of carbonyl (C=O) groups is 1. The van der Waals surface area contributed by atoms with Gasteiger partial charge in [-0.2, -0.15) is 18.4 Å². The van der Waals surface area contributed by atoms with Crippen LogP contribution in [0, 0.1) is 11.3 Å². The van der Waals surface area contributed by atoms with Gasteiger partial charge in [-0.25, -0.2) is 0 Å². The number of anilines is 1. The number of nitrogens with one attached hydrogen (secondary N) is 1. The molecular formula is C14H15F3N2O2. The van der Waals surface area contributed by atoms with Gasteiger partial charge in [-0.05, 0) is 24.6 Å². The maximum Gasteiger partial charge on any atom is 0.417 e. The van der Waals surface area contributed by atoms with Gasteiger partial charge in [0, 0.05) is 11.7 Å². The molecule has 0 bridgehead atoms. The van der Waals surface area contributed by atoms with Gasteiger partial charge in [0.2, 0.25) is 0 Å². The van der Waals surface area contributed by atoms with E-state index in [1.807, 2.05) is 6.92 Å². The zero-order valence-corrected chi connectivity index (χ0v) is 11.4. The summed E-state index contributed by atoms with van der Waals surface area (Å²) in [5, 5.41) is 20.3. The lowest BCUT2D eigenvalue weighted by Gasteiger charge is -2.19. The Labute approximate surface area is 120 Å². The van der Waals surface area contributed by atoms with Crippen LogP contribution in [0.5, 0.6) is 0 Å². The molecule has 0 fully saturated rings. The number of aliphatic carboxylic acids is 1. The summed E-state index contributed by atoms with van der Waals surface area (Å²) >= 11 is 0. The third kappa shape index (κ3) is 4.99. The Morgan fingerprint density at radius 2 is 2.14 bits per heavy atom. The Hall–Kier alpha value is -2.23. The van der Waals surface area contributed by atoms with Crippen LogP contribution in [0.3, 0.4) is 0 Å². The molecule has 1 rings (SSSR count). The molecule has 0 saturated carbocycles. The molecule has 0 saturated heterocycles. The summed E-state index contributed by atoms with van der Waals surface area (Å²) in [6.07, 6.45) is -3.59. The average Bonchev–Trinajstić information content (AvgIpc) is 2.37. The van der Waals surface area contributed by atoms with Crippen LogP contribution in [0.4, 0.5) is 18.9 Å². The van der Waals surface area contributed by atoms with Gasteiger partial charge in [0.15, 0.2) is 0 Å². The maximum absolute atomic E-state index is 12.8. The van der Waals surface area contributed by atoms with Crippen molar-refractivity contribution in [2.45, 2.75) is 38.4 Å². The van der Waals surface area contributed by atoms with E-state index in [4.69, 9.17) is 10.4 Å². The van der Waals surface area contributed by atoms with Crippen molar-refractivity contribution in [3.8, 4) is 6.07 Å². The van der Waals surface area contributed by atoms with Crippen molar-refractivity contribution in [1.82, 2.24) is 0 Å². The van der Waals surface area contributed by atoms with Crippen LogP contribution >= 0.6 is 0 Å². The van der Waals surface area contributed by atoms with Gasteiger partial charge in [-0.15, -0.1) is 0 Å². The Kier molecular flexibility index (Phi) is 5.59. The normalized spacial score (nSPS) is 12.5. The molecule has 0 spiro atoms. The monoisotopic (exact) mass is 300 g/mol. The van der Waals surface area contributed by atoms with Crippen LogP contribution in [0.1, 0.15) is 37.3 Å². The number of carboxylic acid groups (broad SMARTS) is 1. The van der Waals surface area contributed by atoms with E-state index in [0.29, 0.717) is 12.8 Å². The van der Waals surface area contributed by atoms with E-state index in [-0.39, 0.29) is 12.1 Å². The SMILES string of the molecule is CCCC(CC(=O)O)Nc1ccc(C#N)c(C(F)(F)F)c1. The summed E-state index contributed by atoms with van der Waals surface area (Å²) in [5.74, 6) is -1.02. The highest BCUT2D eigenvalue weighted by molar-refractivity contribution is 5.68. The summed E-state index contributed by atoms with van der Waals surface area (Å²) in [6.45, 7) is 1.86. The number of nitriles is 1. The summed E-state index contributed by atoms with van der Waals surface area (Å²) in [4.78, 5) is 10.7. The minimum Gasteiger partial charge on any atom is -0.481 e. The van der Waals surface area contributed by atoms with Gasteiger partial charge in [0.25, 0.3) is 0 Å². The fraction of sp³-hybridized carbons (Fsp3) is 0.429. The summed E-state index contributed by atoms with van der Waals surface area (Å²) in [6, 6.07) is 4.30. The largest absolute Gasteiger partial charge is 0.481 e. The molecule has 4 nitrogen and oxygen atoms in total. The quantitative estimate of drug-likeness (QED) is 0.841. The van der Waals surface area contributed by atoms with Gasteiger partial charge in [-0.3, -0.25) is 4.79 Å². The van der Waals surface area contributed by atoms with Crippen LogP contribution in [-0.2, 0) is 11.0 Å². The molecule has 7 heteroatoms. The molecule has 114 valence electrons. The van der Waals surface area contributed by atoms with Crippen LogP contribution < -0.4 is 5.32 Å². The van der Waals surface area contributed by atoms with Gasteiger partial charge < -0.3 is 10.4 Å². The van der Waals surface area contributed by atoms with Crippen molar-refractivity contribution in [1.29, 1.82) is 5.26 Å². The predicted molar refractivity (Wildman–Crippen MR) is 70.7 cm³/mol. The van der Waals surface area contributed by atoms with E-state index in [2.05, 4.69) is 5.32 Å². The highest BCUT2D eigenvalue weighted by Gasteiger charge is 2.34. The number of hydrogen-bond acceptors (Lipinski definition) is 3. The van der Waals surface area contributed by atoms with Gasteiger partial charge in [0.05, 0.1) is 23.6 Å². The summed E-state index contributed by atoms with van der Waals surface area (Å²) in [7, 11) is 0. The third-order valence-corrected chi connectivity index (χ3v) is 2.87. The van der Waals surface area contributed by atoms with Gasteiger partial charge in [-0.1, -0.05) is 13.3 Å². The molecule has 1 atom stereocenters. The Bertz CT molecular complexity index is 550. The number of carboxylic acids is 1. The second-order valence-electron chi connectivity index (χ2n) is 4.60. The molecule has 1 aromatic carbocycles. The van der Waals surface area contributed by atoms with Crippen molar-refractivity contribution >= 4 is 11.7 Å². The highest BCUT2D eigenvalue weighted by atomic mass is 19.4. The number of halogens is 3. The minimum atomic E-state index is -4.63. The number of benzene rings is 1. The van der Waals surface area contributed by atoms with Crippen molar-refractivity contribution in [2.75, 3.05) is 5.32 Å². The second kappa shape index (κ2) is 6.97. The molecule has 1 aromatic rings. The molecule has 0 aliphatic rings. The van der Waals surface area contributed by atoms with E-state index in [0.717, 1.165) is 12.1 Å². The van der Waals surface area contributed by atoms with E-state index < -0.39 is 29.3 Å². The van der Waals surface area contributed by atoms with Gasteiger partial charge in [0.1, 0.15) is 0 Å².